The molecule has 3 heteroatoms. The summed E-state index contributed by atoms with van der Waals surface area (Å²) < 4.78 is 5.68. The molecule has 152 valence electrons. The molecular weight excluding hydrogens is 328 g/mol. The average molecular weight is 375 g/mol. The molecule has 0 aromatic heterocycles. The molecule has 0 amide bonds. The first-order chi connectivity index (χ1) is 12.3. The maximum Gasteiger partial charge on any atom is 0.0524 e. The number of ether oxygens (including phenoxy) is 1. The van der Waals surface area contributed by atoms with Gasteiger partial charge in [0.1, 0.15) is 0 Å². The number of unbranched alkanes of at least 4 members (excludes halogenated alkanes) is 14. The monoisotopic (exact) mass is 374 g/mol. The fraction of sp³-hybridized carbons (Fsp3) is 1.00. The Kier molecular flexibility index (Phi) is 22.6. The van der Waals surface area contributed by atoms with Crippen LogP contribution in [0.2, 0.25) is 0 Å². The van der Waals surface area contributed by atoms with E-state index in [9.17, 15) is 5.11 Å². The van der Waals surface area contributed by atoms with E-state index in [1.54, 1.807) is 11.8 Å². The second kappa shape index (κ2) is 22.3. The molecule has 0 spiro atoms. The maximum absolute atomic E-state index is 9.20. The third kappa shape index (κ3) is 20.4. The number of rotatable bonds is 21. The van der Waals surface area contributed by atoms with Gasteiger partial charge in [0, 0.05) is 24.9 Å². The zero-order valence-electron chi connectivity index (χ0n) is 17.3. The number of hydrogen-bond donors (Lipinski definition) is 1. The molecule has 1 atom stereocenters. The van der Waals surface area contributed by atoms with E-state index in [1.807, 2.05) is 0 Å². The molecule has 1 unspecified atom stereocenters. The van der Waals surface area contributed by atoms with E-state index >= 15 is 0 Å². The number of aliphatic hydroxyl groups excluding tert-OH is 1. The summed E-state index contributed by atoms with van der Waals surface area (Å²) in [6.45, 7) is 4.12. The molecule has 0 aliphatic rings. The van der Waals surface area contributed by atoms with Gasteiger partial charge in [-0.25, -0.2) is 0 Å². The fourth-order valence-electron chi connectivity index (χ4n) is 3.21. The van der Waals surface area contributed by atoms with Crippen LogP contribution in [-0.4, -0.2) is 36.9 Å². The van der Waals surface area contributed by atoms with Crippen LogP contribution in [0.1, 0.15) is 103 Å². The molecule has 25 heavy (non-hydrogen) atoms. The summed E-state index contributed by atoms with van der Waals surface area (Å²) in [5.74, 6) is 1.31. The van der Waals surface area contributed by atoms with Crippen molar-refractivity contribution in [2.75, 3.05) is 31.8 Å². The van der Waals surface area contributed by atoms with Crippen molar-refractivity contribution in [1.82, 2.24) is 0 Å². The Balaban J connectivity index is 3.07. The van der Waals surface area contributed by atoms with Crippen molar-refractivity contribution in [2.24, 2.45) is 5.92 Å². The molecule has 0 heterocycles. The van der Waals surface area contributed by atoms with E-state index in [-0.39, 0.29) is 6.61 Å². The van der Waals surface area contributed by atoms with Crippen LogP contribution in [0.3, 0.4) is 0 Å². The van der Waals surface area contributed by atoms with E-state index in [2.05, 4.69) is 13.2 Å². The number of hydrogen-bond acceptors (Lipinski definition) is 3. The number of thioether (sulfide) groups is 1. The summed E-state index contributed by atoms with van der Waals surface area (Å²) in [6.07, 6.45) is 23.1. The molecule has 1 N–H and O–H groups in total. The van der Waals surface area contributed by atoms with E-state index < -0.39 is 0 Å². The Morgan fingerprint density at radius 3 is 1.56 bits per heavy atom. The molecule has 0 aromatic rings. The van der Waals surface area contributed by atoms with Crippen LogP contribution >= 0.6 is 11.8 Å². The zero-order valence-corrected chi connectivity index (χ0v) is 18.1. The van der Waals surface area contributed by atoms with Crippen molar-refractivity contribution >= 4 is 11.8 Å². The first kappa shape index (κ1) is 25.3. The third-order valence-electron chi connectivity index (χ3n) is 4.91. The summed E-state index contributed by atoms with van der Waals surface area (Å²) >= 11 is 1.78. The van der Waals surface area contributed by atoms with Gasteiger partial charge in [0.15, 0.2) is 0 Å². The largest absolute Gasteiger partial charge is 0.396 e. The first-order valence-corrected chi connectivity index (χ1v) is 12.4. The Morgan fingerprint density at radius 1 is 0.720 bits per heavy atom. The van der Waals surface area contributed by atoms with Gasteiger partial charge in [-0.05, 0) is 12.7 Å². The van der Waals surface area contributed by atoms with Crippen molar-refractivity contribution in [3.63, 3.8) is 0 Å². The number of aliphatic hydroxyl groups is 1. The van der Waals surface area contributed by atoms with Crippen LogP contribution in [0.15, 0.2) is 0 Å². The Labute approximate surface area is 162 Å². The highest BCUT2D eigenvalue weighted by atomic mass is 32.2. The van der Waals surface area contributed by atoms with E-state index in [1.165, 1.54) is 96.3 Å². The van der Waals surface area contributed by atoms with Crippen molar-refractivity contribution in [3.05, 3.63) is 0 Å². The van der Waals surface area contributed by atoms with Crippen LogP contribution in [0.25, 0.3) is 0 Å². The minimum absolute atomic E-state index is 0.250. The summed E-state index contributed by atoms with van der Waals surface area (Å²) in [7, 11) is 0. The van der Waals surface area contributed by atoms with Crippen molar-refractivity contribution < 1.29 is 9.84 Å². The van der Waals surface area contributed by atoms with Gasteiger partial charge in [-0.1, -0.05) is 96.8 Å². The highest BCUT2D eigenvalue weighted by Gasteiger charge is 2.06. The Hall–Kier alpha value is 0.270. The molecule has 2 nitrogen and oxygen atoms in total. The second-order valence-corrected chi connectivity index (χ2v) is 8.44. The Morgan fingerprint density at radius 2 is 1.16 bits per heavy atom. The second-order valence-electron chi connectivity index (χ2n) is 7.53. The summed E-state index contributed by atoms with van der Waals surface area (Å²) in [6, 6.07) is 0. The summed E-state index contributed by atoms with van der Waals surface area (Å²) in [5, 5.41) is 9.20. The molecule has 0 rings (SSSR count). The Bertz CT molecular complexity index is 236. The van der Waals surface area contributed by atoms with Crippen LogP contribution in [0, 0.1) is 5.92 Å². The van der Waals surface area contributed by atoms with E-state index in [0.717, 1.165) is 19.0 Å². The first-order valence-electron chi connectivity index (χ1n) is 11.0. The molecule has 0 saturated carbocycles. The topological polar surface area (TPSA) is 29.5 Å². The van der Waals surface area contributed by atoms with Gasteiger partial charge in [0.05, 0.1) is 6.61 Å². The van der Waals surface area contributed by atoms with Crippen molar-refractivity contribution in [2.45, 2.75) is 103 Å². The highest BCUT2D eigenvalue weighted by molar-refractivity contribution is 7.98. The maximum atomic E-state index is 9.20. The van der Waals surface area contributed by atoms with Gasteiger partial charge in [-0.3, -0.25) is 0 Å². The minimum atomic E-state index is 0.250. The molecule has 0 saturated heterocycles. The van der Waals surface area contributed by atoms with Crippen molar-refractivity contribution in [1.29, 1.82) is 0 Å². The van der Waals surface area contributed by atoms with E-state index in [4.69, 9.17) is 4.74 Å². The van der Waals surface area contributed by atoms with Crippen LogP contribution < -0.4 is 0 Å². The minimum Gasteiger partial charge on any atom is -0.396 e. The molecular formula is C22H46O2S. The predicted molar refractivity (Wildman–Crippen MR) is 115 cm³/mol. The van der Waals surface area contributed by atoms with Crippen LogP contribution in [-0.2, 0) is 4.74 Å². The van der Waals surface area contributed by atoms with Gasteiger partial charge in [0.25, 0.3) is 0 Å². The van der Waals surface area contributed by atoms with E-state index in [0.29, 0.717) is 5.92 Å². The molecule has 0 bridgehead atoms. The van der Waals surface area contributed by atoms with Gasteiger partial charge in [0.2, 0.25) is 0 Å². The summed E-state index contributed by atoms with van der Waals surface area (Å²) in [5.41, 5.74) is 0. The molecule has 0 aliphatic carbocycles. The fourth-order valence-corrected chi connectivity index (χ4v) is 3.89. The van der Waals surface area contributed by atoms with Crippen LogP contribution in [0.5, 0.6) is 0 Å². The smallest absolute Gasteiger partial charge is 0.0524 e. The normalized spacial score (nSPS) is 12.6. The zero-order chi connectivity index (χ0) is 18.4. The standard InChI is InChI=1S/C22H46O2S/c1-3-4-5-6-7-8-9-10-11-12-13-14-15-16-17-18-24-20-22(19-23)21-25-2/h22-23H,3-21H2,1-2H3. The predicted octanol–water partition coefficient (Wildman–Crippen LogP) is 6.85. The average Bonchev–Trinajstić information content (AvgIpc) is 2.63. The molecule has 0 aromatic carbocycles. The molecule has 0 aliphatic heterocycles. The quantitative estimate of drug-likeness (QED) is 0.223. The molecule has 0 radical (unpaired) electrons. The summed E-state index contributed by atoms with van der Waals surface area (Å²) in [4.78, 5) is 0. The third-order valence-corrected chi connectivity index (χ3v) is 5.71. The van der Waals surface area contributed by atoms with Gasteiger partial charge in [-0.2, -0.15) is 11.8 Å². The van der Waals surface area contributed by atoms with Gasteiger partial charge >= 0.3 is 0 Å². The SMILES string of the molecule is CCCCCCCCCCCCCCCCCOCC(CO)CSC. The van der Waals surface area contributed by atoms with Crippen LogP contribution in [0.4, 0.5) is 0 Å². The lowest BCUT2D eigenvalue weighted by molar-refractivity contribution is 0.0792. The highest BCUT2D eigenvalue weighted by Crippen LogP contribution is 2.13. The van der Waals surface area contributed by atoms with Crippen molar-refractivity contribution in [3.8, 4) is 0 Å². The van der Waals surface area contributed by atoms with Gasteiger partial charge in [-0.15, -0.1) is 0 Å². The lowest BCUT2D eigenvalue weighted by Gasteiger charge is -2.12. The molecule has 0 fully saturated rings. The van der Waals surface area contributed by atoms with Gasteiger partial charge < -0.3 is 9.84 Å². The lowest BCUT2D eigenvalue weighted by Crippen LogP contribution is -2.16. The lowest BCUT2D eigenvalue weighted by atomic mass is 10.0.